The molecule has 0 amide bonds. The van der Waals surface area contributed by atoms with Crippen molar-refractivity contribution in [3.8, 4) is 17.2 Å². The van der Waals surface area contributed by atoms with Gasteiger partial charge in [-0.3, -0.25) is 9.80 Å². The average molecular weight is 370 g/mol. The molecule has 0 aliphatic carbocycles. The molecule has 2 aliphatic rings. The number of para-hydroxylation sites is 1. The zero-order valence-corrected chi connectivity index (χ0v) is 16.8. The number of likely N-dealkylation sites (tertiary alicyclic amines) is 2. The van der Waals surface area contributed by atoms with Crippen molar-refractivity contribution < 1.29 is 9.15 Å². The molecule has 1 aromatic carbocycles. The third kappa shape index (κ3) is 3.90. The number of piperidine rings is 1. The Kier molecular flexibility index (Phi) is 5.50. The Morgan fingerprint density at radius 3 is 2.81 bits per heavy atom. The largest absolute Gasteiger partial charge is 0.493 e. The Hall–Kier alpha value is -1.85. The lowest BCUT2D eigenvalue weighted by molar-refractivity contribution is -0.00685. The summed E-state index contributed by atoms with van der Waals surface area (Å²) in [4.78, 5) is 9.98. The SMILES string of the molecule is CCOc1ccccc1-c1nc(CN2CC(N3CCCC[C@@H]3C)C2)c(C)o1. The summed E-state index contributed by atoms with van der Waals surface area (Å²) in [6.07, 6.45) is 4.09. The van der Waals surface area contributed by atoms with Gasteiger partial charge in [-0.15, -0.1) is 0 Å². The second kappa shape index (κ2) is 8.03. The molecule has 2 aromatic rings. The molecule has 0 spiro atoms. The quantitative estimate of drug-likeness (QED) is 0.767. The van der Waals surface area contributed by atoms with Gasteiger partial charge in [0.2, 0.25) is 5.89 Å². The minimum atomic E-state index is 0.633. The highest BCUT2D eigenvalue weighted by Gasteiger charge is 2.35. The molecule has 1 aromatic heterocycles. The number of benzene rings is 1. The highest BCUT2D eigenvalue weighted by molar-refractivity contribution is 5.63. The lowest BCUT2D eigenvalue weighted by atomic mass is 9.97. The maximum Gasteiger partial charge on any atom is 0.230 e. The molecule has 1 atom stereocenters. The van der Waals surface area contributed by atoms with Gasteiger partial charge in [-0.1, -0.05) is 18.6 Å². The van der Waals surface area contributed by atoms with Crippen molar-refractivity contribution in [3.05, 3.63) is 35.7 Å². The molecule has 2 fully saturated rings. The minimum Gasteiger partial charge on any atom is -0.493 e. The van der Waals surface area contributed by atoms with Crippen molar-refractivity contribution in [2.45, 2.75) is 58.7 Å². The summed E-state index contributed by atoms with van der Waals surface area (Å²) >= 11 is 0. The summed E-state index contributed by atoms with van der Waals surface area (Å²) in [6, 6.07) is 9.41. The van der Waals surface area contributed by atoms with E-state index in [1.165, 1.54) is 25.8 Å². The summed E-state index contributed by atoms with van der Waals surface area (Å²) < 4.78 is 11.7. The summed E-state index contributed by atoms with van der Waals surface area (Å²) in [5.74, 6) is 2.40. The van der Waals surface area contributed by atoms with Crippen molar-refractivity contribution in [1.82, 2.24) is 14.8 Å². The second-order valence-electron chi connectivity index (χ2n) is 7.88. The first-order valence-electron chi connectivity index (χ1n) is 10.3. The molecule has 27 heavy (non-hydrogen) atoms. The smallest absolute Gasteiger partial charge is 0.230 e. The topological polar surface area (TPSA) is 41.7 Å². The van der Waals surface area contributed by atoms with E-state index in [1.54, 1.807) is 0 Å². The number of rotatable bonds is 6. The van der Waals surface area contributed by atoms with Gasteiger partial charge in [0, 0.05) is 31.7 Å². The Morgan fingerprint density at radius 2 is 2.04 bits per heavy atom. The van der Waals surface area contributed by atoms with E-state index in [1.807, 2.05) is 38.1 Å². The lowest BCUT2D eigenvalue weighted by Gasteiger charge is -2.49. The molecule has 146 valence electrons. The zero-order valence-electron chi connectivity index (χ0n) is 16.8. The zero-order chi connectivity index (χ0) is 18.8. The molecule has 0 unspecified atom stereocenters. The van der Waals surface area contributed by atoms with Crippen LogP contribution < -0.4 is 4.74 Å². The summed E-state index contributed by atoms with van der Waals surface area (Å²) in [5.41, 5.74) is 1.97. The average Bonchev–Trinajstić information content (AvgIpc) is 3.00. The van der Waals surface area contributed by atoms with Gasteiger partial charge in [0.25, 0.3) is 0 Å². The summed E-state index contributed by atoms with van der Waals surface area (Å²) in [5, 5.41) is 0. The van der Waals surface area contributed by atoms with Gasteiger partial charge in [-0.05, 0) is 52.3 Å². The summed E-state index contributed by atoms with van der Waals surface area (Å²) in [6.45, 7) is 11.4. The predicted octanol–water partition coefficient (Wildman–Crippen LogP) is 4.11. The standard InChI is InChI=1S/C22H31N3O2/c1-4-26-21-11-6-5-10-19(21)22-23-20(17(3)27-22)15-24-13-18(14-24)25-12-8-7-9-16(25)2/h5-6,10-11,16,18H,4,7-9,12-15H2,1-3H3/t16-/m0/s1. The van der Waals surface area contributed by atoms with Crippen LogP contribution in [0.15, 0.2) is 28.7 Å². The van der Waals surface area contributed by atoms with Crippen molar-refractivity contribution in [3.63, 3.8) is 0 Å². The van der Waals surface area contributed by atoms with Crippen LogP contribution in [0, 0.1) is 6.92 Å². The number of hydrogen-bond donors (Lipinski definition) is 0. The number of aromatic nitrogens is 1. The van der Waals surface area contributed by atoms with Crippen LogP contribution in [0.5, 0.6) is 5.75 Å². The van der Waals surface area contributed by atoms with Crippen LogP contribution in [0.3, 0.4) is 0 Å². The van der Waals surface area contributed by atoms with E-state index in [0.29, 0.717) is 18.5 Å². The number of aryl methyl sites for hydroxylation is 1. The van der Waals surface area contributed by atoms with Crippen LogP contribution in [0.2, 0.25) is 0 Å². The molecular weight excluding hydrogens is 338 g/mol. The minimum absolute atomic E-state index is 0.633. The number of oxazole rings is 1. The van der Waals surface area contributed by atoms with E-state index in [9.17, 15) is 0 Å². The maximum absolute atomic E-state index is 5.99. The Morgan fingerprint density at radius 1 is 1.22 bits per heavy atom. The fraction of sp³-hybridized carbons (Fsp3) is 0.591. The fourth-order valence-electron chi connectivity index (χ4n) is 4.37. The second-order valence-corrected chi connectivity index (χ2v) is 7.88. The molecule has 4 rings (SSSR count). The van der Waals surface area contributed by atoms with Gasteiger partial charge in [-0.2, -0.15) is 0 Å². The van der Waals surface area contributed by atoms with Crippen molar-refractivity contribution in [2.24, 2.45) is 0 Å². The van der Waals surface area contributed by atoms with Gasteiger partial charge in [0.15, 0.2) is 0 Å². The van der Waals surface area contributed by atoms with Crippen molar-refractivity contribution in [2.75, 3.05) is 26.2 Å². The van der Waals surface area contributed by atoms with E-state index in [4.69, 9.17) is 14.1 Å². The Balaban J connectivity index is 1.40. The maximum atomic E-state index is 5.99. The van der Waals surface area contributed by atoms with Crippen LogP contribution in [0.1, 0.15) is 44.6 Å². The lowest BCUT2D eigenvalue weighted by Crippen LogP contribution is -2.61. The highest BCUT2D eigenvalue weighted by atomic mass is 16.5. The normalized spacial score (nSPS) is 22.0. The number of ether oxygens (including phenoxy) is 1. The molecular formula is C22H31N3O2. The third-order valence-electron chi connectivity index (χ3n) is 5.94. The van der Waals surface area contributed by atoms with Crippen LogP contribution in [-0.4, -0.2) is 53.1 Å². The molecule has 2 saturated heterocycles. The first-order valence-corrected chi connectivity index (χ1v) is 10.3. The first kappa shape index (κ1) is 18.5. The number of hydrogen-bond acceptors (Lipinski definition) is 5. The predicted molar refractivity (Wildman–Crippen MR) is 107 cm³/mol. The molecule has 2 aliphatic heterocycles. The summed E-state index contributed by atoms with van der Waals surface area (Å²) in [7, 11) is 0. The van der Waals surface area contributed by atoms with Gasteiger partial charge in [-0.25, -0.2) is 4.98 Å². The van der Waals surface area contributed by atoms with Gasteiger partial charge in [0.05, 0.1) is 17.9 Å². The Bertz CT molecular complexity index is 767. The molecule has 0 bridgehead atoms. The molecule has 5 nitrogen and oxygen atoms in total. The van der Waals surface area contributed by atoms with E-state index in [-0.39, 0.29) is 0 Å². The van der Waals surface area contributed by atoms with Crippen molar-refractivity contribution in [1.29, 1.82) is 0 Å². The molecule has 0 N–H and O–H groups in total. The first-order chi connectivity index (χ1) is 13.2. The number of nitrogens with zero attached hydrogens (tertiary/aromatic N) is 3. The van der Waals surface area contributed by atoms with E-state index >= 15 is 0 Å². The highest BCUT2D eigenvalue weighted by Crippen LogP contribution is 2.32. The van der Waals surface area contributed by atoms with Crippen molar-refractivity contribution >= 4 is 0 Å². The van der Waals surface area contributed by atoms with E-state index < -0.39 is 0 Å². The van der Waals surface area contributed by atoms with Crippen LogP contribution in [0.4, 0.5) is 0 Å². The fourth-order valence-corrected chi connectivity index (χ4v) is 4.37. The van der Waals surface area contributed by atoms with Gasteiger partial charge >= 0.3 is 0 Å². The van der Waals surface area contributed by atoms with Gasteiger partial charge in [0.1, 0.15) is 11.5 Å². The molecule has 0 saturated carbocycles. The van der Waals surface area contributed by atoms with Crippen LogP contribution in [-0.2, 0) is 6.54 Å². The van der Waals surface area contributed by atoms with Crippen LogP contribution >= 0.6 is 0 Å². The Labute approximate surface area is 162 Å². The van der Waals surface area contributed by atoms with Crippen LogP contribution in [0.25, 0.3) is 11.5 Å². The molecule has 3 heterocycles. The molecule has 0 radical (unpaired) electrons. The molecule has 5 heteroatoms. The van der Waals surface area contributed by atoms with E-state index in [0.717, 1.165) is 48.4 Å². The van der Waals surface area contributed by atoms with E-state index in [2.05, 4.69) is 16.7 Å². The van der Waals surface area contributed by atoms with Gasteiger partial charge < -0.3 is 9.15 Å². The third-order valence-corrected chi connectivity index (χ3v) is 5.94. The monoisotopic (exact) mass is 369 g/mol.